The van der Waals surface area contributed by atoms with Gasteiger partial charge in [0.05, 0.1) is 5.69 Å². The zero-order valence-electron chi connectivity index (χ0n) is 13.4. The number of para-hydroxylation sites is 1. The van der Waals surface area contributed by atoms with Crippen LogP contribution < -0.4 is 4.57 Å². The van der Waals surface area contributed by atoms with Gasteiger partial charge in [0.25, 0.3) is 0 Å². The average Bonchev–Trinajstić information content (AvgIpc) is 2.38. The van der Waals surface area contributed by atoms with Crippen molar-refractivity contribution in [3.8, 4) is 0 Å². The number of hydrogen-bond acceptors (Lipinski definition) is 2. The second-order valence-corrected chi connectivity index (χ2v) is 12.8. The van der Waals surface area contributed by atoms with Crippen LogP contribution >= 0.6 is 15.9 Å². The Morgan fingerprint density at radius 1 is 1.00 bits per heavy atom. The van der Waals surface area contributed by atoms with E-state index in [1.807, 2.05) is 12.4 Å². The van der Waals surface area contributed by atoms with Crippen molar-refractivity contribution < 1.29 is 0 Å². The van der Waals surface area contributed by atoms with Crippen LogP contribution in [0.3, 0.4) is 0 Å². The molecule has 2 aromatic rings. The fourth-order valence-corrected chi connectivity index (χ4v) is 4.82. The van der Waals surface area contributed by atoms with Crippen LogP contribution in [0.4, 0.5) is 11.4 Å². The molecular weight excluding hydrogens is 340 g/mol. The van der Waals surface area contributed by atoms with Gasteiger partial charge in [0, 0.05) is 22.6 Å². The molecule has 0 aliphatic heterocycles. The zero-order valence-corrected chi connectivity index (χ0v) is 16.0. The lowest BCUT2D eigenvalue weighted by molar-refractivity contribution is 0.715. The number of anilines is 2. The number of pyridine rings is 1. The monoisotopic (exact) mass is 362 g/mol. The third kappa shape index (κ3) is 3.38. The smallest absolute Gasteiger partial charge is 0.161 e. The van der Waals surface area contributed by atoms with Crippen LogP contribution in [0.2, 0.25) is 18.1 Å². The van der Waals surface area contributed by atoms with Crippen LogP contribution in [0.25, 0.3) is 0 Å². The predicted octanol–water partition coefficient (Wildman–Crippen LogP) is 5.99. The largest absolute Gasteiger partial charge is 0.367 e. The second kappa shape index (κ2) is 5.93. The molecular formula is C17H23BrN2Si. The van der Waals surface area contributed by atoms with E-state index in [1.165, 1.54) is 5.69 Å². The van der Waals surface area contributed by atoms with Gasteiger partial charge in [0.15, 0.2) is 8.24 Å². The van der Waals surface area contributed by atoms with Gasteiger partial charge in [-0.3, -0.25) is 4.98 Å². The fourth-order valence-electron chi connectivity index (χ4n) is 2.23. The lowest BCUT2D eigenvalue weighted by Gasteiger charge is -2.47. The quantitative estimate of drug-likeness (QED) is 0.623. The highest BCUT2D eigenvalue weighted by Crippen LogP contribution is 2.44. The number of benzene rings is 1. The van der Waals surface area contributed by atoms with E-state index in [1.54, 1.807) is 0 Å². The fraction of sp³-hybridized carbons (Fsp3) is 0.353. The van der Waals surface area contributed by atoms with Crippen molar-refractivity contribution in [1.82, 2.24) is 4.98 Å². The number of aromatic nitrogens is 1. The maximum Gasteiger partial charge on any atom is 0.161 e. The van der Waals surface area contributed by atoms with Crippen molar-refractivity contribution in [3.05, 3.63) is 53.3 Å². The zero-order chi connectivity index (χ0) is 15.7. The van der Waals surface area contributed by atoms with Crippen molar-refractivity contribution in [3.63, 3.8) is 0 Å². The van der Waals surface area contributed by atoms with Crippen molar-refractivity contribution in [2.24, 2.45) is 0 Å². The van der Waals surface area contributed by atoms with E-state index in [2.05, 4.69) is 95.7 Å². The first-order valence-electron chi connectivity index (χ1n) is 7.19. The molecule has 4 heteroatoms. The molecule has 0 unspecified atom stereocenters. The van der Waals surface area contributed by atoms with Gasteiger partial charge in [-0.15, -0.1) is 0 Å². The Balaban J connectivity index is 2.61. The second-order valence-electron chi connectivity index (χ2n) is 6.84. The van der Waals surface area contributed by atoms with Crippen molar-refractivity contribution in [2.75, 3.05) is 4.57 Å². The van der Waals surface area contributed by atoms with E-state index in [0.717, 1.165) is 10.2 Å². The van der Waals surface area contributed by atoms with Crippen LogP contribution in [-0.2, 0) is 0 Å². The van der Waals surface area contributed by atoms with Gasteiger partial charge in [-0.25, -0.2) is 0 Å². The molecule has 1 aromatic heterocycles. The SMILES string of the molecule is CC(C)(C)[Si](C)(C)N(c1ccccc1)c1cncc(Br)c1. The molecule has 0 saturated carbocycles. The molecule has 0 saturated heterocycles. The standard InChI is InChI=1S/C17H23BrN2Si/c1-17(2,3)21(4,5)20(15-9-7-6-8-10-15)16-11-14(18)12-19-13-16/h6-13H,1-5H3. The highest BCUT2D eigenvalue weighted by molar-refractivity contribution is 9.10. The topological polar surface area (TPSA) is 16.1 Å². The molecule has 0 fully saturated rings. The molecule has 0 amide bonds. The van der Waals surface area contributed by atoms with E-state index < -0.39 is 8.24 Å². The van der Waals surface area contributed by atoms with Gasteiger partial charge in [-0.1, -0.05) is 52.1 Å². The molecule has 1 heterocycles. The van der Waals surface area contributed by atoms with E-state index in [-0.39, 0.29) is 5.04 Å². The summed E-state index contributed by atoms with van der Waals surface area (Å²) in [5.41, 5.74) is 2.39. The third-order valence-corrected chi connectivity index (χ3v) is 10.1. The Bertz CT molecular complexity index is 606. The number of halogens is 1. The molecule has 0 aliphatic carbocycles. The molecule has 0 aliphatic rings. The summed E-state index contributed by atoms with van der Waals surface area (Å²) in [5.74, 6) is 0. The Kier molecular flexibility index (Phi) is 4.59. The number of nitrogens with zero attached hydrogens (tertiary/aromatic N) is 2. The van der Waals surface area contributed by atoms with Crippen molar-refractivity contribution >= 4 is 35.5 Å². The Labute approximate surface area is 137 Å². The minimum Gasteiger partial charge on any atom is -0.367 e. The summed E-state index contributed by atoms with van der Waals surface area (Å²) in [5, 5.41) is 0.241. The number of hydrogen-bond donors (Lipinski definition) is 0. The highest BCUT2D eigenvalue weighted by atomic mass is 79.9. The molecule has 0 spiro atoms. The van der Waals surface area contributed by atoms with E-state index in [4.69, 9.17) is 0 Å². The predicted molar refractivity (Wildman–Crippen MR) is 97.7 cm³/mol. The summed E-state index contributed by atoms with van der Waals surface area (Å²) >= 11 is 3.55. The van der Waals surface area contributed by atoms with Gasteiger partial charge >= 0.3 is 0 Å². The minimum absolute atomic E-state index is 0.241. The third-order valence-electron chi connectivity index (χ3n) is 4.36. The van der Waals surface area contributed by atoms with Gasteiger partial charge in [0.2, 0.25) is 0 Å². The molecule has 112 valence electrons. The molecule has 0 N–H and O–H groups in total. The van der Waals surface area contributed by atoms with Gasteiger partial charge in [0.1, 0.15) is 0 Å². The summed E-state index contributed by atoms with van der Waals surface area (Å²) in [6, 6.07) is 12.8. The normalized spacial score (nSPS) is 12.3. The van der Waals surface area contributed by atoms with Crippen LogP contribution in [0.1, 0.15) is 20.8 Å². The summed E-state index contributed by atoms with van der Waals surface area (Å²) in [6.07, 6.45) is 3.79. The maximum absolute atomic E-state index is 4.36. The Hall–Kier alpha value is -1.13. The van der Waals surface area contributed by atoms with E-state index in [0.29, 0.717) is 0 Å². The van der Waals surface area contributed by atoms with E-state index >= 15 is 0 Å². The summed E-state index contributed by atoms with van der Waals surface area (Å²) in [4.78, 5) is 4.36. The van der Waals surface area contributed by atoms with Crippen molar-refractivity contribution in [1.29, 1.82) is 0 Å². The molecule has 2 rings (SSSR count). The summed E-state index contributed by atoms with van der Waals surface area (Å²) in [6.45, 7) is 11.8. The Morgan fingerprint density at radius 2 is 1.62 bits per heavy atom. The average molecular weight is 363 g/mol. The van der Waals surface area contributed by atoms with Crippen molar-refractivity contribution in [2.45, 2.75) is 38.9 Å². The molecule has 21 heavy (non-hydrogen) atoms. The molecule has 0 bridgehead atoms. The first kappa shape index (κ1) is 16.2. The molecule has 0 atom stereocenters. The lowest BCUT2D eigenvalue weighted by Crippen LogP contribution is -2.52. The first-order valence-corrected chi connectivity index (χ1v) is 10.9. The number of rotatable bonds is 3. The van der Waals surface area contributed by atoms with E-state index in [9.17, 15) is 0 Å². The molecule has 2 nitrogen and oxygen atoms in total. The van der Waals surface area contributed by atoms with Gasteiger partial charge in [-0.2, -0.15) is 0 Å². The lowest BCUT2D eigenvalue weighted by atomic mass is 10.2. The first-order chi connectivity index (χ1) is 9.73. The van der Waals surface area contributed by atoms with Gasteiger partial charge in [-0.05, 0) is 39.2 Å². The summed E-state index contributed by atoms with van der Waals surface area (Å²) in [7, 11) is -1.77. The highest BCUT2D eigenvalue weighted by Gasteiger charge is 2.42. The molecule has 1 aromatic carbocycles. The van der Waals surface area contributed by atoms with Gasteiger partial charge < -0.3 is 4.57 Å². The maximum atomic E-state index is 4.36. The summed E-state index contributed by atoms with van der Waals surface area (Å²) < 4.78 is 3.52. The minimum atomic E-state index is -1.77. The van der Waals surface area contributed by atoms with Crippen LogP contribution in [0, 0.1) is 0 Å². The molecule has 0 radical (unpaired) electrons. The van der Waals surface area contributed by atoms with Crippen LogP contribution in [0.15, 0.2) is 53.3 Å². The van der Waals surface area contributed by atoms with Crippen LogP contribution in [-0.4, -0.2) is 13.2 Å². The Morgan fingerprint density at radius 3 is 2.14 bits per heavy atom. The van der Waals surface area contributed by atoms with Crippen LogP contribution in [0.5, 0.6) is 0 Å².